The van der Waals surface area contributed by atoms with E-state index in [0.717, 1.165) is 26.2 Å². The number of aliphatic hydroxyl groups is 1. The van der Waals surface area contributed by atoms with Crippen molar-refractivity contribution < 1.29 is 24.5 Å². The van der Waals surface area contributed by atoms with Crippen LogP contribution >= 0.6 is 0 Å². The Balaban J connectivity index is 2.14. The highest BCUT2D eigenvalue weighted by atomic mass is 16.5. The van der Waals surface area contributed by atoms with Gasteiger partial charge in [-0.2, -0.15) is 0 Å². The molecule has 0 bridgehead atoms. The normalized spacial score (nSPS) is 20.8. The smallest absolute Gasteiger partial charge is 0.317 e. The van der Waals surface area contributed by atoms with E-state index in [9.17, 15) is 9.90 Å². The number of aliphatic hydroxyl groups excluding tert-OH is 1. The first kappa shape index (κ1) is 17.3. The average Bonchev–Trinajstić information content (AvgIpc) is 2.38. The number of piperazine rings is 1. The summed E-state index contributed by atoms with van der Waals surface area (Å²) in [5.41, 5.74) is 0. The zero-order valence-corrected chi connectivity index (χ0v) is 12.3. The summed E-state index contributed by atoms with van der Waals surface area (Å²) in [7, 11) is 1.62. The first-order valence-electron chi connectivity index (χ1n) is 6.96. The first-order valence-corrected chi connectivity index (χ1v) is 6.96. The molecule has 0 aliphatic carbocycles. The van der Waals surface area contributed by atoms with E-state index < -0.39 is 12.1 Å². The molecule has 1 aliphatic heterocycles. The quantitative estimate of drug-likeness (QED) is 0.569. The van der Waals surface area contributed by atoms with Gasteiger partial charge >= 0.3 is 5.97 Å². The van der Waals surface area contributed by atoms with Crippen molar-refractivity contribution in [3.63, 3.8) is 0 Å². The maximum atomic E-state index is 10.6. The third kappa shape index (κ3) is 7.16. The molecule has 2 unspecified atom stereocenters. The highest BCUT2D eigenvalue weighted by molar-refractivity contribution is 5.69. The molecule has 0 aromatic carbocycles. The van der Waals surface area contributed by atoms with Crippen LogP contribution in [0.15, 0.2) is 0 Å². The summed E-state index contributed by atoms with van der Waals surface area (Å²) in [4.78, 5) is 14.6. The molecule has 0 saturated carbocycles. The Morgan fingerprint density at radius 2 is 1.80 bits per heavy atom. The summed E-state index contributed by atoms with van der Waals surface area (Å²) in [6.45, 7) is 6.35. The Morgan fingerprint density at radius 1 is 1.20 bits per heavy atom. The van der Waals surface area contributed by atoms with E-state index >= 15 is 0 Å². The van der Waals surface area contributed by atoms with E-state index in [-0.39, 0.29) is 12.6 Å². The van der Waals surface area contributed by atoms with E-state index in [1.165, 1.54) is 0 Å². The van der Waals surface area contributed by atoms with Gasteiger partial charge in [0.2, 0.25) is 0 Å². The Labute approximate surface area is 120 Å². The number of rotatable bonds is 9. The van der Waals surface area contributed by atoms with Gasteiger partial charge in [0.05, 0.1) is 32.0 Å². The van der Waals surface area contributed by atoms with Crippen LogP contribution in [0.2, 0.25) is 0 Å². The van der Waals surface area contributed by atoms with Crippen LogP contribution in [-0.2, 0) is 14.3 Å². The molecule has 1 aliphatic rings. The van der Waals surface area contributed by atoms with Crippen molar-refractivity contribution in [1.29, 1.82) is 0 Å². The third-order valence-corrected chi connectivity index (χ3v) is 3.27. The van der Waals surface area contributed by atoms with Crippen LogP contribution in [0.1, 0.15) is 6.92 Å². The number of β-amino-alcohol motifs (C(OH)–C–C–N with tert-alkyl or cyclic N) is 1. The molecule has 7 nitrogen and oxygen atoms in total. The molecule has 1 rings (SSSR count). The predicted molar refractivity (Wildman–Crippen MR) is 73.8 cm³/mol. The molecule has 0 radical (unpaired) electrons. The molecular formula is C13H26N2O5. The van der Waals surface area contributed by atoms with E-state index in [1.54, 1.807) is 7.11 Å². The largest absolute Gasteiger partial charge is 0.480 e. The molecular weight excluding hydrogens is 264 g/mol. The first-order chi connectivity index (χ1) is 9.51. The van der Waals surface area contributed by atoms with Gasteiger partial charge in [-0.05, 0) is 6.92 Å². The number of aliphatic carboxylic acids is 1. The standard InChI is InChI=1S/C13H26N2O5/c1-11(9-19-2)20-10-12(16)7-14-3-5-15(6-4-14)8-13(17)18/h11-12,16H,3-10H2,1-2H3,(H,17,18). The lowest BCUT2D eigenvalue weighted by Gasteiger charge is -2.34. The highest BCUT2D eigenvalue weighted by Crippen LogP contribution is 2.03. The number of carboxylic acids is 1. The fourth-order valence-electron chi connectivity index (χ4n) is 2.23. The molecule has 20 heavy (non-hydrogen) atoms. The zero-order valence-electron chi connectivity index (χ0n) is 12.3. The summed E-state index contributed by atoms with van der Waals surface area (Å²) in [6, 6.07) is 0. The maximum Gasteiger partial charge on any atom is 0.317 e. The van der Waals surface area contributed by atoms with Crippen LogP contribution in [0, 0.1) is 0 Å². The van der Waals surface area contributed by atoms with Crippen LogP contribution in [0.3, 0.4) is 0 Å². The van der Waals surface area contributed by atoms with E-state index in [2.05, 4.69) is 4.90 Å². The van der Waals surface area contributed by atoms with Crippen molar-refractivity contribution in [2.75, 3.05) is 59.6 Å². The number of nitrogens with zero attached hydrogens (tertiary/aromatic N) is 2. The van der Waals surface area contributed by atoms with Crippen LogP contribution in [0.4, 0.5) is 0 Å². The van der Waals surface area contributed by atoms with Gasteiger partial charge in [0.1, 0.15) is 0 Å². The minimum atomic E-state index is -0.793. The van der Waals surface area contributed by atoms with Crippen molar-refractivity contribution in [3.05, 3.63) is 0 Å². The molecule has 2 N–H and O–H groups in total. The predicted octanol–water partition coefficient (Wildman–Crippen LogP) is -0.899. The maximum absolute atomic E-state index is 10.6. The number of ether oxygens (including phenoxy) is 2. The van der Waals surface area contributed by atoms with E-state index in [1.807, 2.05) is 11.8 Å². The molecule has 0 aromatic heterocycles. The minimum absolute atomic E-state index is 0.0259. The van der Waals surface area contributed by atoms with Crippen LogP contribution in [0.25, 0.3) is 0 Å². The topological polar surface area (TPSA) is 82.5 Å². The lowest BCUT2D eigenvalue weighted by atomic mass is 10.2. The number of carboxylic acid groups (broad SMARTS) is 1. The monoisotopic (exact) mass is 290 g/mol. The average molecular weight is 290 g/mol. The molecule has 0 spiro atoms. The molecule has 1 heterocycles. The summed E-state index contributed by atoms with van der Waals surface area (Å²) in [5, 5.41) is 18.6. The third-order valence-electron chi connectivity index (χ3n) is 3.27. The fourth-order valence-corrected chi connectivity index (χ4v) is 2.23. The van der Waals surface area contributed by atoms with Gasteiger partial charge in [-0.3, -0.25) is 14.6 Å². The van der Waals surface area contributed by atoms with Gasteiger partial charge in [0.25, 0.3) is 0 Å². The Kier molecular flexibility index (Phi) is 8.01. The van der Waals surface area contributed by atoms with Gasteiger partial charge in [-0.1, -0.05) is 0 Å². The molecule has 118 valence electrons. The molecule has 1 saturated heterocycles. The number of methoxy groups -OCH3 is 1. The highest BCUT2D eigenvalue weighted by Gasteiger charge is 2.20. The SMILES string of the molecule is COCC(C)OCC(O)CN1CCN(CC(=O)O)CC1. The summed E-state index contributed by atoms with van der Waals surface area (Å²) >= 11 is 0. The Hall–Kier alpha value is -0.730. The second-order valence-electron chi connectivity index (χ2n) is 5.22. The second kappa shape index (κ2) is 9.25. The van der Waals surface area contributed by atoms with E-state index in [0.29, 0.717) is 19.8 Å². The lowest BCUT2D eigenvalue weighted by Crippen LogP contribution is -2.50. The van der Waals surface area contributed by atoms with Gasteiger partial charge in [0, 0.05) is 39.8 Å². The van der Waals surface area contributed by atoms with Gasteiger partial charge in [-0.25, -0.2) is 0 Å². The Morgan fingerprint density at radius 3 is 2.35 bits per heavy atom. The van der Waals surface area contributed by atoms with Crippen molar-refractivity contribution in [2.45, 2.75) is 19.1 Å². The summed E-state index contributed by atoms with van der Waals surface area (Å²) in [6.07, 6.45) is -0.553. The van der Waals surface area contributed by atoms with E-state index in [4.69, 9.17) is 14.6 Å². The van der Waals surface area contributed by atoms with Crippen molar-refractivity contribution in [1.82, 2.24) is 9.80 Å². The second-order valence-corrected chi connectivity index (χ2v) is 5.22. The molecule has 2 atom stereocenters. The van der Waals surface area contributed by atoms with Crippen LogP contribution in [0.5, 0.6) is 0 Å². The number of hydrogen-bond acceptors (Lipinski definition) is 6. The number of hydrogen-bond donors (Lipinski definition) is 2. The summed E-state index contributed by atoms with van der Waals surface area (Å²) in [5.74, 6) is -0.793. The van der Waals surface area contributed by atoms with Crippen molar-refractivity contribution >= 4 is 5.97 Å². The van der Waals surface area contributed by atoms with Crippen LogP contribution in [-0.4, -0.2) is 97.8 Å². The Bertz CT molecular complexity index is 282. The fraction of sp³-hybridized carbons (Fsp3) is 0.923. The molecule has 7 heteroatoms. The van der Waals surface area contributed by atoms with Gasteiger partial charge in [0.15, 0.2) is 0 Å². The number of carbonyl (C=O) groups is 1. The van der Waals surface area contributed by atoms with Gasteiger partial charge in [-0.15, -0.1) is 0 Å². The summed E-state index contributed by atoms with van der Waals surface area (Å²) < 4.78 is 10.4. The minimum Gasteiger partial charge on any atom is -0.480 e. The molecule has 0 amide bonds. The lowest BCUT2D eigenvalue weighted by molar-refractivity contribution is -0.138. The van der Waals surface area contributed by atoms with Crippen molar-refractivity contribution in [2.24, 2.45) is 0 Å². The van der Waals surface area contributed by atoms with Crippen molar-refractivity contribution in [3.8, 4) is 0 Å². The van der Waals surface area contributed by atoms with Gasteiger partial charge < -0.3 is 19.7 Å². The molecule has 0 aromatic rings. The van der Waals surface area contributed by atoms with Crippen LogP contribution < -0.4 is 0 Å². The zero-order chi connectivity index (χ0) is 15.0. The molecule has 1 fully saturated rings.